The minimum atomic E-state index is -1.28. The molecule has 1 heterocycles. The zero-order valence-corrected chi connectivity index (χ0v) is 11.4. The second-order valence-electron chi connectivity index (χ2n) is 4.59. The van der Waals surface area contributed by atoms with Crippen molar-refractivity contribution in [2.75, 3.05) is 6.54 Å². The standard InChI is InChI=1S/C12H11ClN2O6/c13-7-2-1-3-8(15(20)21)10(7)11(17)14-5-6(16)4-9(14)12(18)19/h1-3,6,9,16H,4-5H2,(H,18,19)/t6-,9-/m1/s1. The fourth-order valence-electron chi connectivity index (χ4n) is 2.29. The molecule has 1 aliphatic rings. The molecule has 21 heavy (non-hydrogen) atoms. The highest BCUT2D eigenvalue weighted by Gasteiger charge is 2.41. The first-order chi connectivity index (χ1) is 9.82. The third-order valence-corrected chi connectivity index (χ3v) is 3.54. The molecule has 0 saturated carbocycles. The average Bonchev–Trinajstić information content (AvgIpc) is 2.80. The van der Waals surface area contributed by atoms with Crippen molar-refractivity contribution in [2.24, 2.45) is 0 Å². The van der Waals surface area contributed by atoms with Gasteiger partial charge in [0, 0.05) is 19.0 Å². The first kappa shape index (κ1) is 15.2. The normalized spacial score (nSPS) is 21.3. The highest BCUT2D eigenvalue weighted by Crippen LogP contribution is 2.30. The summed E-state index contributed by atoms with van der Waals surface area (Å²) in [5.74, 6) is -2.16. The highest BCUT2D eigenvalue weighted by molar-refractivity contribution is 6.34. The Morgan fingerprint density at radius 1 is 1.43 bits per heavy atom. The molecule has 8 nitrogen and oxygen atoms in total. The van der Waals surface area contributed by atoms with E-state index in [1.54, 1.807) is 0 Å². The lowest BCUT2D eigenvalue weighted by Crippen LogP contribution is -2.40. The molecule has 1 fully saturated rings. The maximum atomic E-state index is 12.4. The summed E-state index contributed by atoms with van der Waals surface area (Å²) in [6, 6.07) is 2.51. The van der Waals surface area contributed by atoms with Crippen molar-refractivity contribution in [1.29, 1.82) is 0 Å². The number of carbonyl (C=O) groups excluding carboxylic acids is 1. The van der Waals surface area contributed by atoms with Crippen LogP contribution in [0.5, 0.6) is 0 Å². The number of likely N-dealkylation sites (tertiary alicyclic amines) is 1. The van der Waals surface area contributed by atoms with Gasteiger partial charge < -0.3 is 15.1 Å². The van der Waals surface area contributed by atoms with Gasteiger partial charge in [-0.2, -0.15) is 0 Å². The number of nitro groups is 1. The van der Waals surface area contributed by atoms with Crippen LogP contribution in [0.4, 0.5) is 5.69 Å². The van der Waals surface area contributed by atoms with Crippen molar-refractivity contribution in [3.63, 3.8) is 0 Å². The van der Waals surface area contributed by atoms with Crippen LogP contribution in [-0.4, -0.2) is 50.6 Å². The monoisotopic (exact) mass is 314 g/mol. The Bertz CT molecular complexity index is 620. The number of carbonyl (C=O) groups is 2. The lowest BCUT2D eigenvalue weighted by molar-refractivity contribution is -0.385. The van der Waals surface area contributed by atoms with Crippen LogP contribution >= 0.6 is 11.6 Å². The third-order valence-electron chi connectivity index (χ3n) is 3.23. The largest absolute Gasteiger partial charge is 0.480 e. The number of hydrogen-bond acceptors (Lipinski definition) is 5. The van der Waals surface area contributed by atoms with Gasteiger partial charge in [0.2, 0.25) is 0 Å². The number of aliphatic carboxylic acids is 1. The van der Waals surface area contributed by atoms with Crippen LogP contribution in [-0.2, 0) is 4.79 Å². The maximum absolute atomic E-state index is 12.4. The first-order valence-corrected chi connectivity index (χ1v) is 6.35. The molecule has 0 aromatic heterocycles. The molecule has 0 bridgehead atoms. The number of amides is 1. The Morgan fingerprint density at radius 3 is 2.67 bits per heavy atom. The van der Waals surface area contributed by atoms with E-state index in [0.29, 0.717) is 0 Å². The SMILES string of the molecule is O=C(O)[C@H]1C[C@@H](O)CN1C(=O)c1c(Cl)cccc1[N+](=O)[O-]. The molecule has 2 rings (SSSR count). The molecule has 0 spiro atoms. The van der Waals surface area contributed by atoms with Crippen molar-refractivity contribution < 1.29 is 24.7 Å². The van der Waals surface area contributed by atoms with Crippen LogP contribution in [0.1, 0.15) is 16.8 Å². The fraction of sp³-hybridized carbons (Fsp3) is 0.333. The maximum Gasteiger partial charge on any atom is 0.326 e. The average molecular weight is 315 g/mol. The van der Waals surface area contributed by atoms with E-state index in [-0.39, 0.29) is 23.6 Å². The zero-order valence-electron chi connectivity index (χ0n) is 10.6. The van der Waals surface area contributed by atoms with Crippen LogP contribution in [0.2, 0.25) is 5.02 Å². The molecule has 1 aromatic carbocycles. The molecular weight excluding hydrogens is 304 g/mol. The number of aliphatic hydroxyl groups is 1. The number of nitro benzene ring substituents is 1. The topological polar surface area (TPSA) is 121 Å². The number of rotatable bonds is 3. The first-order valence-electron chi connectivity index (χ1n) is 5.97. The Labute approximate surface area is 123 Å². The molecule has 9 heteroatoms. The predicted molar refractivity (Wildman–Crippen MR) is 71.2 cm³/mol. The van der Waals surface area contributed by atoms with E-state index >= 15 is 0 Å². The molecular formula is C12H11ClN2O6. The van der Waals surface area contributed by atoms with Gasteiger partial charge in [-0.3, -0.25) is 14.9 Å². The molecule has 0 aliphatic carbocycles. The van der Waals surface area contributed by atoms with E-state index < -0.39 is 34.6 Å². The Hall–Kier alpha value is -2.19. The van der Waals surface area contributed by atoms with Crippen LogP contribution in [0.3, 0.4) is 0 Å². The molecule has 2 atom stereocenters. The second kappa shape index (κ2) is 5.66. The minimum absolute atomic E-state index is 0.126. The molecule has 1 aliphatic heterocycles. The van der Waals surface area contributed by atoms with Gasteiger partial charge in [-0.25, -0.2) is 4.79 Å². The van der Waals surface area contributed by atoms with Gasteiger partial charge in [0.25, 0.3) is 11.6 Å². The van der Waals surface area contributed by atoms with E-state index in [0.717, 1.165) is 11.0 Å². The predicted octanol–water partition coefficient (Wildman–Crippen LogP) is 0.908. The van der Waals surface area contributed by atoms with E-state index in [4.69, 9.17) is 16.7 Å². The molecule has 1 amide bonds. The number of carboxylic acid groups (broad SMARTS) is 1. The van der Waals surface area contributed by atoms with Crippen molar-refractivity contribution in [1.82, 2.24) is 4.90 Å². The summed E-state index contributed by atoms with van der Waals surface area (Å²) in [4.78, 5) is 34.7. The third kappa shape index (κ3) is 2.81. The Kier molecular flexibility index (Phi) is 4.10. The summed E-state index contributed by atoms with van der Waals surface area (Å²) < 4.78 is 0. The van der Waals surface area contributed by atoms with Crippen molar-refractivity contribution in [3.8, 4) is 0 Å². The fourth-order valence-corrected chi connectivity index (χ4v) is 2.54. The van der Waals surface area contributed by atoms with Gasteiger partial charge in [0.05, 0.1) is 16.0 Å². The summed E-state index contributed by atoms with van der Waals surface area (Å²) in [7, 11) is 0. The summed E-state index contributed by atoms with van der Waals surface area (Å²) in [6.07, 6.45) is -1.11. The van der Waals surface area contributed by atoms with Crippen molar-refractivity contribution in [2.45, 2.75) is 18.6 Å². The summed E-state index contributed by atoms with van der Waals surface area (Å²) >= 11 is 5.85. The second-order valence-corrected chi connectivity index (χ2v) is 5.00. The number of benzene rings is 1. The van der Waals surface area contributed by atoms with E-state index in [2.05, 4.69) is 0 Å². The number of nitrogens with zero attached hydrogens (tertiary/aromatic N) is 2. The number of hydrogen-bond donors (Lipinski definition) is 2. The number of β-amino-alcohol motifs (C(OH)–C–C–N with tert-alkyl or cyclic N) is 1. The molecule has 112 valence electrons. The van der Waals surface area contributed by atoms with Gasteiger partial charge in [-0.05, 0) is 6.07 Å². The Morgan fingerprint density at radius 2 is 2.10 bits per heavy atom. The van der Waals surface area contributed by atoms with Crippen LogP contribution in [0.25, 0.3) is 0 Å². The lowest BCUT2D eigenvalue weighted by Gasteiger charge is -2.21. The zero-order chi connectivity index (χ0) is 15.7. The lowest BCUT2D eigenvalue weighted by atomic mass is 10.1. The molecule has 0 radical (unpaired) electrons. The molecule has 1 saturated heterocycles. The highest BCUT2D eigenvalue weighted by atomic mass is 35.5. The van der Waals surface area contributed by atoms with Crippen molar-refractivity contribution >= 4 is 29.2 Å². The van der Waals surface area contributed by atoms with Gasteiger partial charge in [-0.1, -0.05) is 17.7 Å². The molecule has 2 N–H and O–H groups in total. The van der Waals surface area contributed by atoms with Gasteiger partial charge in [-0.15, -0.1) is 0 Å². The van der Waals surface area contributed by atoms with Gasteiger partial charge in [0.1, 0.15) is 11.6 Å². The summed E-state index contributed by atoms with van der Waals surface area (Å²) in [5, 5.41) is 29.5. The smallest absolute Gasteiger partial charge is 0.326 e. The van der Waals surface area contributed by atoms with E-state index in [9.17, 15) is 24.8 Å². The summed E-state index contributed by atoms with van der Waals surface area (Å²) in [5.41, 5.74) is -0.873. The van der Waals surface area contributed by atoms with Crippen LogP contribution < -0.4 is 0 Å². The van der Waals surface area contributed by atoms with Gasteiger partial charge in [0.15, 0.2) is 0 Å². The molecule has 0 unspecified atom stereocenters. The number of halogens is 1. The molecule has 1 aromatic rings. The van der Waals surface area contributed by atoms with E-state index in [1.807, 2.05) is 0 Å². The van der Waals surface area contributed by atoms with Gasteiger partial charge >= 0.3 is 5.97 Å². The van der Waals surface area contributed by atoms with Crippen molar-refractivity contribution in [3.05, 3.63) is 38.9 Å². The Balaban J connectivity index is 2.45. The quantitative estimate of drug-likeness (QED) is 0.631. The van der Waals surface area contributed by atoms with E-state index in [1.165, 1.54) is 12.1 Å². The summed E-state index contributed by atoms with van der Waals surface area (Å²) in [6.45, 7) is -0.210. The minimum Gasteiger partial charge on any atom is -0.480 e. The number of aliphatic hydroxyl groups excluding tert-OH is 1. The van der Waals surface area contributed by atoms with Crippen LogP contribution in [0, 0.1) is 10.1 Å². The van der Waals surface area contributed by atoms with Crippen LogP contribution in [0.15, 0.2) is 18.2 Å². The number of carboxylic acids is 1.